The molecule has 11 heteroatoms. The number of fused-ring (bicyclic) bond motifs is 2. The van der Waals surface area contributed by atoms with Crippen LogP contribution in [-0.4, -0.2) is 70.2 Å². The highest BCUT2D eigenvalue weighted by Crippen LogP contribution is 2.46. The lowest BCUT2D eigenvalue weighted by atomic mass is 9.79. The number of rotatable bonds is 10. The number of benzene rings is 3. The van der Waals surface area contributed by atoms with Gasteiger partial charge in [-0.2, -0.15) is 5.10 Å². The van der Waals surface area contributed by atoms with Crippen LogP contribution in [0.3, 0.4) is 0 Å². The second kappa shape index (κ2) is 13.3. The summed E-state index contributed by atoms with van der Waals surface area (Å²) in [4.78, 5) is 26.0. The minimum Gasteiger partial charge on any atom is -0.497 e. The zero-order valence-corrected chi connectivity index (χ0v) is 30.5. The molecule has 262 valence electrons. The highest BCUT2D eigenvalue weighted by atomic mass is 16.5. The molecule has 0 spiro atoms. The summed E-state index contributed by atoms with van der Waals surface area (Å²) >= 11 is 0. The molecule has 50 heavy (non-hydrogen) atoms. The normalized spacial score (nSPS) is 17.3. The number of methoxy groups -OCH3 is 1. The van der Waals surface area contributed by atoms with E-state index in [-0.39, 0.29) is 16.5 Å². The van der Waals surface area contributed by atoms with E-state index in [1.54, 1.807) is 26.3 Å². The van der Waals surface area contributed by atoms with Crippen molar-refractivity contribution in [3.05, 3.63) is 77.1 Å². The van der Waals surface area contributed by atoms with E-state index in [2.05, 4.69) is 75.9 Å². The molecule has 2 aliphatic rings. The molecule has 0 radical (unpaired) electrons. The molecule has 1 unspecified atom stereocenters. The first-order chi connectivity index (χ1) is 23.7. The van der Waals surface area contributed by atoms with Gasteiger partial charge in [-0.05, 0) is 105 Å². The number of aryl methyl sites for hydroxylation is 1. The topological polar surface area (TPSA) is 126 Å². The second-order valence-electron chi connectivity index (χ2n) is 14.8. The minimum absolute atomic E-state index is 0.0260. The van der Waals surface area contributed by atoms with E-state index >= 15 is 0 Å². The van der Waals surface area contributed by atoms with Gasteiger partial charge in [0, 0.05) is 41.5 Å². The number of aliphatic imine (C=N–C) groups is 1. The zero-order valence-electron chi connectivity index (χ0n) is 30.5. The molecular weight excluding hydrogens is 630 g/mol. The molecule has 1 atom stereocenters. The monoisotopic (exact) mass is 677 g/mol. The molecule has 0 fully saturated rings. The smallest absolute Gasteiger partial charge is 0.335 e. The molecule has 2 aliphatic heterocycles. The van der Waals surface area contributed by atoms with Crippen LogP contribution in [0.25, 0.3) is 11.4 Å². The maximum atomic E-state index is 11.8. The Hall–Kier alpha value is -5.19. The van der Waals surface area contributed by atoms with Crippen LogP contribution in [0.5, 0.6) is 11.5 Å². The lowest BCUT2D eigenvalue weighted by molar-refractivity contribution is 0.0697. The quantitative estimate of drug-likeness (QED) is 0.162. The van der Waals surface area contributed by atoms with E-state index in [9.17, 15) is 9.90 Å². The van der Waals surface area contributed by atoms with Gasteiger partial charge in [0.2, 0.25) is 5.82 Å². The average molecular weight is 678 g/mol. The second-order valence-corrected chi connectivity index (χ2v) is 14.8. The summed E-state index contributed by atoms with van der Waals surface area (Å²) in [7, 11) is 3.41. The number of ether oxygens (including phenoxy) is 2. The molecule has 3 aromatic carbocycles. The third-order valence-corrected chi connectivity index (χ3v) is 9.45. The molecule has 11 nitrogen and oxygen atoms in total. The average Bonchev–Trinajstić information content (AvgIpc) is 3.64. The van der Waals surface area contributed by atoms with Crippen molar-refractivity contribution in [3.8, 4) is 22.9 Å². The third-order valence-electron chi connectivity index (χ3n) is 9.45. The Balaban J connectivity index is 1.32. The molecule has 1 aromatic heterocycles. The molecule has 2 N–H and O–H groups in total. The summed E-state index contributed by atoms with van der Waals surface area (Å²) in [5, 5.41) is 22.2. The maximum absolute atomic E-state index is 11.8. The Kier molecular flexibility index (Phi) is 9.19. The van der Waals surface area contributed by atoms with Gasteiger partial charge >= 0.3 is 5.97 Å². The van der Waals surface area contributed by atoms with E-state index in [1.165, 1.54) is 16.0 Å². The first-order valence-electron chi connectivity index (χ1n) is 17.1. The van der Waals surface area contributed by atoms with Crippen molar-refractivity contribution in [1.29, 1.82) is 0 Å². The Morgan fingerprint density at radius 1 is 1.10 bits per heavy atom. The Bertz CT molecular complexity index is 1990. The van der Waals surface area contributed by atoms with Crippen molar-refractivity contribution in [2.75, 3.05) is 37.5 Å². The van der Waals surface area contributed by atoms with E-state index in [1.807, 2.05) is 30.3 Å². The number of carboxylic acid groups (broad SMARTS) is 1. The van der Waals surface area contributed by atoms with Crippen LogP contribution in [0.15, 0.2) is 64.7 Å². The molecule has 4 aromatic rings. The van der Waals surface area contributed by atoms with Gasteiger partial charge in [0.1, 0.15) is 17.2 Å². The van der Waals surface area contributed by atoms with Gasteiger partial charge in [0.05, 0.1) is 30.7 Å². The predicted octanol–water partition coefficient (Wildman–Crippen LogP) is 7.95. The van der Waals surface area contributed by atoms with Gasteiger partial charge in [0.25, 0.3) is 0 Å². The van der Waals surface area contributed by atoms with Crippen molar-refractivity contribution < 1.29 is 19.4 Å². The number of carboxylic acids is 1. The van der Waals surface area contributed by atoms with Gasteiger partial charge < -0.3 is 24.8 Å². The zero-order chi connectivity index (χ0) is 36.0. The summed E-state index contributed by atoms with van der Waals surface area (Å²) in [5.41, 5.74) is 6.92. The third kappa shape index (κ3) is 6.81. The van der Waals surface area contributed by atoms with Crippen LogP contribution in [-0.2, 0) is 0 Å². The fraction of sp³-hybridized carbons (Fsp3) is 0.410. The van der Waals surface area contributed by atoms with Crippen LogP contribution in [0.1, 0.15) is 87.6 Å². The molecule has 3 heterocycles. The number of nitrogens with zero attached hydrogens (tertiary/aromatic N) is 6. The fourth-order valence-electron chi connectivity index (χ4n) is 6.89. The van der Waals surface area contributed by atoms with Gasteiger partial charge in [-0.15, -0.1) is 9.89 Å². The first kappa shape index (κ1) is 34.7. The maximum Gasteiger partial charge on any atom is 0.335 e. The molecule has 0 bridgehead atoms. The number of hydrogen-bond donors (Lipinski definition) is 2. The van der Waals surface area contributed by atoms with Crippen LogP contribution in [0, 0.1) is 12.3 Å². The molecule has 0 saturated carbocycles. The highest BCUT2D eigenvalue weighted by molar-refractivity contribution is 6.50. The number of nitrogens with one attached hydrogen (secondary N) is 1. The van der Waals surface area contributed by atoms with Gasteiger partial charge in [-0.3, -0.25) is 0 Å². The number of aromatic nitrogens is 3. The summed E-state index contributed by atoms with van der Waals surface area (Å²) in [6, 6.07) is 17.2. The molecule has 6 rings (SSSR count). The number of aromatic carboxylic acids is 1. The number of hydrogen-bond acceptors (Lipinski definition) is 9. The highest BCUT2D eigenvalue weighted by Gasteiger charge is 2.38. The number of carbonyl (C=O) groups is 1. The molecule has 0 saturated heterocycles. The minimum atomic E-state index is -1.02. The van der Waals surface area contributed by atoms with Crippen molar-refractivity contribution in [2.24, 2.45) is 15.5 Å². The van der Waals surface area contributed by atoms with Crippen molar-refractivity contribution in [1.82, 2.24) is 14.9 Å². The van der Waals surface area contributed by atoms with Crippen molar-refractivity contribution in [3.63, 3.8) is 0 Å². The van der Waals surface area contributed by atoms with Gasteiger partial charge in [0.15, 0.2) is 5.82 Å². The van der Waals surface area contributed by atoms with Crippen LogP contribution in [0.2, 0.25) is 0 Å². The SMILES string of the molecule is CNc1cc(C(=O)O)cc(-c2nc3n(n2)N=C(C(C)(C)C)C3=Nc2cc3c(cc2C)N(CCCOc2ccc(OC)cc2)C(C)(C)CC3C)c1. The van der Waals surface area contributed by atoms with Crippen LogP contribution < -0.4 is 19.7 Å². The summed E-state index contributed by atoms with van der Waals surface area (Å²) in [5.74, 6) is 1.87. The molecule has 0 aliphatic carbocycles. The van der Waals surface area contributed by atoms with Crippen LogP contribution >= 0.6 is 0 Å². The van der Waals surface area contributed by atoms with E-state index in [0.717, 1.165) is 47.8 Å². The largest absolute Gasteiger partial charge is 0.497 e. The molecule has 0 amide bonds. The molecular formula is C39H47N7O4. The van der Waals surface area contributed by atoms with E-state index in [4.69, 9.17) is 24.6 Å². The Morgan fingerprint density at radius 2 is 1.82 bits per heavy atom. The fourth-order valence-corrected chi connectivity index (χ4v) is 6.89. The summed E-state index contributed by atoms with van der Waals surface area (Å²) < 4.78 is 11.3. The Labute approximate surface area is 294 Å². The van der Waals surface area contributed by atoms with Crippen molar-refractivity contribution >= 4 is 34.5 Å². The first-order valence-corrected chi connectivity index (χ1v) is 17.1. The standard InChI is InChI=1S/C39H47N7O4/c1-23-17-32-30(24(2)22-39(6,7)45(32)15-10-16-50-29-13-11-28(49-9)12-14-29)21-31(23)41-33-34(38(3,4)5)43-46-36(33)42-35(44-46)25-18-26(37(47)48)20-27(19-25)40-8/h11-14,17-21,24,40H,10,15-16,22H2,1-9H3,(H,47,48). The van der Waals surface area contributed by atoms with Crippen LogP contribution in [0.4, 0.5) is 17.1 Å². The predicted molar refractivity (Wildman–Crippen MR) is 199 cm³/mol. The lowest BCUT2D eigenvalue weighted by Crippen LogP contribution is -2.49. The van der Waals surface area contributed by atoms with E-state index in [0.29, 0.717) is 41.1 Å². The van der Waals surface area contributed by atoms with Gasteiger partial charge in [-0.1, -0.05) is 27.7 Å². The number of anilines is 2. The Morgan fingerprint density at radius 3 is 2.48 bits per heavy atom. The van der Waals surface area contributed by atoms with E-state index < -0.39 is 5.97 Å². The van der Waals surface area contributed by atoms with Gasteiger partial charge in [-0.25, -0.2) is 14.8 Å². The summed E-state index contributed by atoms with van der Waals surface area (Å²) in [6.07, 6.45) is 1.88. The van der Waals surface area contributed by atoms with Crippen molar-refractivity contribution in [2.45, 2.75) is 72.8 Å². The lowest BCUT2D eigenvalue weighted by Gasteiger charge is -2.48. The summed E-state index contributed by atoms with van der Waals surface area (Å²) in [6.45, 7) is 16.8.